The number of methoxy groups -OCH3 is 2. The smallest absolute Gasteiger partial charge is 0.443 e. The number of ether oxygens (including phenoxy) is 3. The lowest BCUT2D eigenvalue weighted by molar-refractivity contribution is -0.368. The maximum absolute atomic E-state index is 13.0. The zero-order valence-corrected chi connectivity index (χ0v) is 13.5. The van der Waals surface area contributed by atoms with Crippen molar-refractivity contribution in [2.24, 2.45) is 0 Å². The van der Waals surface area contributed by atoms with Crippen LogP contribution in [-0.2, 0) is 15.9 Å². The number of halogens is 4. The molecule has 0 amide bonds. The van der Waals surface area contributed by atoms with Crippen LogP contribution < -0.4 is 4.74 Å². The van der Waals surface area contributed by atoms with Crippen molar-refractivity contribution < 1.29 is 27.4 Å². The van der Waals surface area contributed by atoms with Crippen LogP contribution in [0.5, 0.6) is 5.75 Å². The van der Waals surface area contributed by atoms with Gasteiger partial charge in [-0.15, -0.1) is 0 Å². The third-order valence-electron chi connectivity index (χ3n) is 3.10. The predicted octanol–water partition coefficient (Wildman–Crippen LogP) is 3.94. The Hall–Kier alpha value is -0.790. The molecule has 0 heterocycles. The number of benzene rings is 1. The highest BCUT2D eigenvalue weighted by molar-refractivity contribution is 9.09. The first-order chi connectivity index (χ1) is 9.88. The molecule has 0 fully saturated rings. The molecule has 21 heavy (non-hydrogen) atoms. The minimum atomic E-state index is -4.59. The molecule has 0 aliphatic carbocycles. The molecule has 3 nitrogen and oxygen atoms in total. The van der Waals surface area contributed by atoms with Crippen molar-refractivity contribution in [3.05, 3.63) is 29.8 Å². The zero-order chi connectivity index (χ0) is 15.9. The lowest BCUT2D eigenvalue weighted by Crippen LogP contribution is -2.49. The van der Waals surface area contributed by atoms with E-state index in [4.69, 9.17) is 4.74 Å². The van der Waals surface area contributed by atoms with Crippen LogP contribution in [0, 0.1) is 0 Å². The summed E-state index contributed by atoms with van der Waals surface area (Å²) in [6.45, 7) is 0.532. The van der Waals surface area contributed by atoms with Gasteiger partial charge in [0.05, 0.1) is 6.61 Å². The van der Waals surface area contributed by atoms with Crippen LogP contribution in [0.3, 0.4) is 0 Å². The fourth-order valence-corrected chi connectivity index (χ4v) is 2.04. The summed E-state index contributed by atoms with van der Waals surface area (Å²) in [7, 11) is 1.99. The van der Waals surface area contributed by atoms with E-state index in [1.165, 1.54) is 0 Å². The van der Waals surface area contributed by atoms with Gasteiger partial charge >= 0.3 is 6.18 Å². The van der Waals surface area contributed by atoms with E-state index in [1.54, 1.807) is 24.3 Å². The van der Waals surface area contributed by atoms with Gasteiger partial charge < -0.3 is 14.2 Å². The summed E-state index contributed by atoms with van der Waals surface area (Å²) in [6.07, 6.45) is -4.72. The van der Waals surface area contributed by atoms with E-state index in [0.717, 1.165) is 19.8 Å². The molecule has 0 aliphatic rings. The maximum atomic E-state index is 13.0. The summed E-state index contributed by atoms with van der Waals surface area (Å²) in [5.74, 6) is -1.89. The molecule has 0 aromatic heterocycles. The second kappa shape index (κ2) is 8.00. The summed E-state index contributed by atoms with van der Waals surface area (Å²) < 4.78 is 53.5. The van der Waals surface area contributed by atoms with Gasteiger partial charge in [-0.3, -0.25) is 0 Å². The third kappa shape index (κ3) is 4.86. The van der Waals surface area contributed by atoms with Crippen LogP contribution >= 0.6 is 15.9 Å². The van der Waals surface area contributed by atoms with E-state index < -0.39 is 12.0 Å². The van der Waals surface area contributed by atoms with Crippen LogP contribution in [0.1, 0.15) is 12.0 Å². The molecule has 0 atom stereocenters. The van der Waals surface area contributed by atoms with Gasteiger partial charge in [-0.1, -0.05) is 28.1 Å². The lowest BCUT2D eigenvalue weighted by Gasteiger charge is -2.32. The number of rotatable bonds is 8. The van der Waals surface area contributed by atoms with Crippen molar-refractivity contribution in [1.82, 2.24) is 0 Å². The molecular weight excluding hydrogens is 353 g/mol. The highest BCUT2D eigenvalue weighted by Gasteiger charge is 2.56. The Morgan fingerprint density at radius 1 is 1.05 bits per heavy atom. The SMILES string of the molecule is COC(CCc1ccc(OCCBr)cc1)(OC)C(F)(F)F. The molecule has 0 radical (unpaired) electrons. The quantitative estimate of drug-likeness (QED) is 0.512. The fraction of sp³-hybridized carbons (Fsp3) is 0.571. The van der Waals surface area contributed by atoms with E-state index >= 15 is 0 Å². The summed E-state index contributed by atoms with van der Waals surface area (Å²) in [4.78, 5) is 0. The second-order valence-electron chi connectivity index (χ2n) is 4.34. The van der Waals surface area contributed by atoms with Crippen LogP contribution in [-0.4, -0.2) is 38.1 Å². The van der Waals surface area contributed by atoms with Crippen molar-refractivity contribution in [3.63, 3.8) is 0 Å². The molecule has 1 aromatic carbocycles. The molecule has 0 saturated heterocycles. The lowest BCUT2D eigenvalue weighted by atomic mass is 10.0. The molecule has 0 spiro atoms. The Morgan fingerprint density at radius 3 is 2.05 bits per heavy atom. The number of aryl methyl sites for hydroxylation is 1. The summed E-state index contributed by atoms with van der Waals surface area (Å²) >= 11 is 3.24. The standard InChI is InChI=1S/C14H18BrF3O3/c1-19-13(20-2,14(16,17)18)8-7-11-3-5-12(6-4-11)21-10-9-15/h3-6H,7-10H2,1-2H3. The van der Waals surface area contributed by atoms with Gasteiger partial charge in [0.1, 0.15) is 5.75 Å². The Balaban J connectivity index is 2.68. The average Bonchev–Trinajstić information content (AvgIpc) is 2.46. The highest BCUT2D eigenvalue weighted by atomic mass is 79.9. The summed E-state index contributed by atoms with van der Waals surface area (Å²) in [5, 5.41) is 0.713. The van der Waals surface area contributed by atoms with E-state index in [9.17, 15) is 13.2 Å². The predicted molar refractivity (Wildman–Crippen MR) is 76.9 cm³/mol. The van der Waals surface area contributed by atoms with Crippen molar-refractivity contribution >= 4 is 15.9 Å². The van der Waals surface area contributed by atoms with Crippen LogP contribution in [0.25, 0.3) is 0 Å². The van der Waals surface area contributed by atoms with E-state index in [1.807, 2.05) is 0 Å². The normalized spacial score (nSPS) is 12.5. The van der Waals surface area contributed by atoms with Crippen molar-refractivity contribution in [2.45, 2.75) is 24.8 Å². The number of alkyl halides is 4. The Kier molecular flexibility index (Phi) is 6.96. The molecule has 7 heteroatoms. The number of hydrogen-bond acceptors (Lipinski definition) is 3. The molecule has 0 unspecified atom stereocenters. The largest absolute Gasteiger partial charge is 0.493 e. The van der Waals surface area contributed by atoms with E-state index in [0.29, 0.717) is 17.7 Å². The third-order valence-corrected chi connectivity index (χ3v) is 3.43. The first kappa shape index (κ1) is 18.3. The maximum Gasteiger partial charge on any atom is 0.443 e. The monoisotopic (exact) mass is 370 g/mol. The Bertz CT molecular complexity index is 416. The van der Waals surface area contributed by atoms with Crippen molar-refractivity contribution in [3.8, 4) is 5.75 Å². The molecular formula is C14H18BrF3O3. The summed E-state index contributed by atoms with van der Waals surface area (Å²) in [6, 6.07) is 6.92. The second-order valence-corrected chi connectivity index (χ2v) is 5.13. The molecule has 1 rings (SSSR count). The van der Waals surface area contributed by atoms with Crippen LogP contribution in [0.2, 0.25) is 0 Å². The van der Waals surface area contributed by atoms with Crippen molar-refractivity contribution in [1.29, 1.82) is 0 Å². The molecule has 0 N–H and O–H groups in total. The van der Waals surface area contributed by atoms with Crippen molar-refractivity contribution in [2.75, 3.05) is 26.2 Å². The molecule has 1 aromatic rings. The molecule has 0 bridgehead atoms. The van der Waals surface area contributed by atoms with E-state index in [-0.39, 0.29) is 12.8 Å². The van der Waals surface area contributed by atoms with Gasteiger partial charge in [-0.05, 0) is 24.1 Å². The topological polar surface area (TPSA) is 27.7 Å². The molecule has 0 aliphatic heterocycles. The zero-order valence-electron chi connectivity index (χ0n) is 11.9. The first-order valence-electron chi connectivity index (χ1n) is 6.33. The number of hydrogen-bond donors (Lipinski definition) is 0. The Labute approximate surface area is 130 Å². The van der Waals surface area contributed by atoms with Crippen LogP contribution in [0.4, 0.5) is 13.2 Å². The van der Waals surface area contributed by atoms with Gasteiger partial charge in [-0.2, -0.15) is 13.2 Å². The van der Waals surface area contributed by atoms with Gasteiger partial charge in [0.25, 0.3) is 5.79 Å². The highest BCUT2D eigenvalue weighted by Crippen LogP contribution is 2.37. The van der Waals surface area contributed by atoms with Gasteiger partial charge in [0.2, 0.25) is 0 Å². The van der Waals surface area contributed by atoms with E-state index in [2.05, 4.69) is 25.4 Å². The van der Waals surface area contributed by atoms with Crippen LogP contribution in [0.15, 0.2) is 24.3 Å². The fourth-order valence-electron chi connectivity index (χ4n) is 1.88. The van der Waals surface area contributed by atoms with Gasteiger partial charge in [0.15, 0.2) is 0 Å². The molecule has 120 valence electrons. The minimum absolute atomic E-state index is 0.180. The minimum Gasteiger partial charge on any atom is -0.493 e. The average molecular weight is 371 g/mol. The van der Waals surface area contributed by atoms with Gasteiger partial charge in [0, 0.05) is 26.0 Å². The van der Waals surface area contributed by atoms with Gasteiger partial charge in [-0.25, -0.2) is 0 Å². The first-order valence-corrected chi connectivity index (χ1v) is 7.45. The Morgan fingerprint density at radius 2 is 1.62 bits per heavy atom. The summed E-state index contributed by atoms with van der Waals surface area (Å²) in [5.41, 5.74) is 0.754. The molecule has 0 saturated carbocycles.